The summed E-state index contributed by atoms with van der Waals surface area (Å²) < 4.78 is 5.74. The molecule has 4 aliphatic rings. The van der Waals surface area contributed by atoms with Crippen molar-refractivity contribution in [3.8, 4) is 0 Å². The summed E-state index contributed by atoms with van der Waals surface area (Å²) in [4.78, 5) is 0. The van der Waals surface area contributed by atoms with Crippen LogP contribution in [-0.2, 0) is 4.74 Å². The third-order valence-electron chi connectivity index (χ3n) is 6.81. The van der Waals surface area contributed by atoms with Gasteiger partial charge in [-0.25, -0.2) is 0 Å². The fourth-order valence-corrected chi connectivity index (χ4v) is 5.64. The predicted molar refractivity (Wildman–Crippen MR) is 72.4 cm³/mol. The molecule has 0 aromatic rings. The second-order valence-electron chi connectivity index (χ2n) is 7.38. The van der Waals surface area contributed by atoms with E-state index < -0.39 is 0 Å². The van der Waals surface area contributed by atoms with Crippen LogP contribution in [0.25, 0.3) is 0 Å². The van der Waals surface area contributed by atoms with Crippen LogP contribution in [0, 0.1) is 23.7 Å². The zero-order chi connectivity index (χ0) is 12.2. The first-order valence-electron chi connectivity index (χ1n) is 8.10. The highest BCUT2D eigenvalue weighted by Gasteiger charge is 2.54. The van der Waals surface area contributed by atoms with Gasteiger partial charge >= 0.3 is 0 Å². The van der Waals surface area contributed by atoms with E-state index in [1.54, 1.807) is 6.42 Å². The van der Waals surface area contributed by atoms with E-state index in [4.69, 9.17) is 4.74 Å². The Hall–Kier alpha value is -0.0800. The van der Waals surface area contributed by atoms with E-state index in [0.29, 0.717) is 0 Å². The van der Waals surface area contributed by atoms with Crippen LogP contribution in [0.4, 0.5) is 0 Å². The summed E-state index contributed by atoms with van der Waals surface area (Å²) in [5.74, 6) is 4.28. The summed E-state index contributed by atoms with van der Waals surface area (Å²) >= 11 is 0. The molecule has 4 fully saturated rings. The second-order valence-corrected chi connectivity index (χ2v) is 7.38. The van der Waals surface area contributed by atoms with Crippen LogP contribution in [0.15, 0.2) is 0 Å². The molecule has 2 nitrogen and oxygen atoms in total. The Morgan fingerprint density at radius 3 is 2.61 bits per heavy atom. The lowest BCUT2D eigenvalue weighted by atomic mass is 9.77. The van der Waals surface area contributed by atoms with Crippen molar-refractivity contribution in [1.29, 1.82) is 0 Å². The van der Waals surface area contributed by atoms with Crippen molar-refractivity contribution >= 4 is 0 Å². The van der Waals surface area contributed by atoms with Crippen LogP contribution in [0.2, 0.25) is 0 Å². The lowest BCUT2D eigenvalue weighted by Crippen LogP contribution is -2.52. The summed E-state index contributed by atoms with van der Waals surface area (Å²) in [6.07, 6.45) is 11.5. The topological polar surface area (TPSA) is 21.3 Å². The number of fused-ring (bicyclic) bond motifs is 5. The van der Waals surface area contributed by atoms with Crippen LogP contribution in [-0.4, -0.2) is 25.3 Å². The van der Waals surface area contributed by atoms with Crippen molar-refractivity contribution in [3.05, 3.63) is 0 Å². The predicted octanol–water partition coefficient (Wildman–Crippen LogP) is 2.97. The Kier molecular flexibility index (Phi) is 2.74. The standard InChI is InChI=1S/C16H27NO/c1-18-16(6-3-7-16)10-17-15-9-11-8-14(15)13-5-2-4-12(11)13/h11-15,17H,2-10H2,1H3. The number of ether oxygens (including phenoxy) is 1. The molecule has 2 heteroatoms. The van der Waals surface area contributed by atoms with Crippen LogP contribution in [0.1, 0.15) is 51.4 Å². The first-order valence-corrected chi connectivity index (χ1v) is 8.10. The van der Waals surface area contributed by atoms with Crippen molar-refractivity contribution in [2.45, 2.75) is 63.0 Å². The van der Waals surface area contributed by atoms with Crippen molar-refractivity contribution < 1.29 is 4.74 Å². The quantitative estimate of drug-likeness (QED) is 0.827. The highest BCUT2D eigenvalue weighted by atomic mass is 16.5. The molecule has 4 aliphatic carbocycles. The fraction of sp³-hybridized carbons (Fsp3) is 1.00. The number of nitrogens with one attached hydrogen (secondary N) is 1. The fourth-order valence-electron chi connectivity index (χ4n) is 5.64. The molecule has 0 aromatic heterocycles. The molecular weight excluding hydrogens is 222 g/mol. The van der Waals surface area contributed by atoms with Gasteiger partial charge in [-0.3, -0.25) is 0 Å². The average Bonchev–Trinajstić information content (AvgIpc) is 3.00. The third kappa shape index (κ3) is 1.61. The van der Waals surface area contributed by atoms with Gasteiger partial charge in [0.2, 0.25) is 0 Å². The summed E-state index contributed by atoms with van der Waals surface area (Å²) in [6, 6.07) is 0.821. The molecule has 0 amide bonds. The van der Waals surface area contributed by atoms with Crippen LogP contribution in [0.3, 0.4) is 0 Å². The Balaban J connectivity index is 1.37. The maximum absolute atomic E-state index is 5.74. The minimum absolute atomic E-state index is 0.205. The third-order valence-corrected chi connectivity index (χ3v) is 6.81. The maximum Gasteiger partial charge on any atom is 0.0802 e. The Labute approximate surface area is 111 Å². The lowest BCUT2D eigenvalue weighted by Gasteiger charge is -2.42. The summed E-state index contributed by atoms with van der Waals surface area (Å²) in [6.45, 7) is 1.11. The first-order chi connectivity index (χ1) is 8.81. The highest BCUT2D eigenvalue weighted by molar-refractivity contribution is 5.06. The Morgan fingerprint density at radius 2 is 1.89 bits per heavy atom. The molecule has 102 valence electrons. The van der Waals surface area contributed by atoms with E-state index >= 15 is 0 Å². The molecule has 0 radical (unpaired) electrons. The SMILES string of the molecule is COC1(CNC2CC3CC2C2CCCC32)CCC1. The molecule has 0 aromatic carbocycles. The van der Waals surface area contributed by atoms with E-state index in [1.807, 2.05) is 7.11 Å². The van der Waals surface area contributed by atoms with Gasteiger partial charge in [-0.1, -0.05) is 6.42 Å². The molecule has 0 heterocycles. The normalized spacial score (nSPS) is 48.2. The molecular formula is C16H27NO. The van der Waals surface area contributed by atoms with Crippen molar-refractivity contribution in [3.63, 3.8) is 0 Å². The van der Waals surface area contributed by atoms with Gasteiger partial charge in [0.1, 0.15) is 0 Å². The number of methoxy groups -OCH3 is 1. The Morgan fingerprint density at radius 1 is 1.06 bits per heavy atom. The van der Waals surface area contributed by atoms with Crippen molar-refractivity contribution in [2.75, 3.05) is 13.7 Å². The molecule has 4 rings (SSSR count). The molecule has 2 bridgehead atoms. The van der Waals surface area contributed by atoms with Crippen LogP contribution >= 0.6 is 0 Å². The van der Waals surface area contributed by atoms with Gasteiger partial charge < -0.3 is 10.1 Å². The molecule has 1 N–H and O–H groups in total. The summed E-state index contributed by atoms with van der Waals surface area (Å²) in [5.41, 5.74) is 0.205. The van der Waals surface area contributed by atoms with Crippen LogP contribution < -0.4 is 5.32 Å². The largest absolute Gasteiger partial charge is 0.377 e. The molecule has 5 unspecified atom stereocenters. The second kappa shape index (κ2) is 4.21. The zero-order valence-electron chi connectivity index (χ0n) is 11.7. The Bertz CT molecular complexity index is 320. The minimum Gasteiger partial charge on any atom is -0.377 e. The summed E-state index contributed by atoms with van der Waals surface area (Å²) in [5, 5.41) is 3.89. The van der Waals surface area contributed by atoms with E-state index in [9.17, 15) is 0 Å². The van der Waals surface area contributed by atoms with Gasteiger partial charge in [-0.15, -0.1) is 0 Å². The lowest BCUT2D eigenvalue weighted by molar-refractivity contribution is -0.0723. The van der Waals surface area contributed by atoms with Gasteiger partial charge in [0.25, 0.3) is 0 Å². The molecule has 18 heavy (non-hydrogen) atoms. The first kappa shape index (κ1) is 11.7. The molecule has 0 saturated heterocycles. The number of hydrogen-bond donors (Lipinski definition) is 1. The maximum atomic E-state index is 5.74. The van der Waals surface area contributed by atoms with Gasteiger partial charge in [0, 0.05) is 19.7 Å². The zero-order valence-corrected chi connectivity index (χ0v) is 11.7. The molecule has 5 atom stereocenters. The molecule has 4 saturated carbocycles. The highest BCUT2D eigenvalue weighted by Crippen LogP contribution is 2.58. The van der Waals surface area contributed by atoms with Gasteiger partial charge in [-0.2, -0.15) is 0 Å². The average molecular weight is 249 g/mol. The minimum atomic E-state index is 0.205. The van der Waals surface area contributed by atoms with E-state index in [-0.39, 0.29) is 5.60 Å². The van der Waals surface area contributed by atoms with Crippen molar-refractivity contribution in [2.24, 2.45) is 23.7 Å². The van der Waals surface area contributed by atoms with E-state index in [2.05, 4.69) is 5.32 Å². The molecule has 0 spiro atoms. The number of hydrogen-bond acceptors (Lipinski definition) is 2. The molecule has 0 aliphatic heterocycles. The van der Waals surface area contributed by atoms with E-state index in [0.717, 1.165) is 36.3 Å². The van der Waals surface area contributed by atoms with Crippen molar-refractivity contribution in [1.82, 2.24) is 5.32 Å². The summed E-state index contributed by atoms with van der Waals surface area (Å²) in [7, 11) is 1.90. The van der Waals surface area contributed by atoms with Crippen LogP contribution in [0.5, 0.6) is 0 Å². The number of rotatable bonds is 4. The van der Waals surface area contributed by atoms with Gasteiger partial charge in [0.05, 0.1) is 5.60 Å². The smallest absolute Gasteiger partial charge is 0.0802 e. The monoisotopic (exact) mass is 249 g/mol. The van der Waals surface area contributed by atoms with Gasteiger partial charge in [-0.05, 0) is 68.6 Å². The van der Waals surface area contributed by atoms with Gasteiger partial charge in [0.15, 0.2) is 0 Å². The van der Waals surface area contributed by atoms with E-state index in [1.165, 1.54) is 44.9 Å².